The molecular formula is C25H37FN2O3. The molecule has 1 N–H and O–H groups in total. The summed E-state index contributed by atoms with van der Waals surface area (Å²) >= 11 is 0. The second kappa shape index (κ2) is 7.64. The SMILES string of the molecule is CCC1/C(=N/OC2CCNC2)CCC2(C)C3CC[C@]4(C)C(=O)C(F)CC4C3CC(=O)C12. The summed E-state index contributed by atoms with van der Waals surface area (Å²) in [6, 6.07) is 0. The molecule has 9 atom stereocenters. The maximum atomic E-state index is 14.5. The number of ketones is 2. The second-order valence-corrected chi connectivity index (χ2v) is 11.4. The van der Waals surface area contributed by atoms with Crippen molar-refractivity contribution in [1.29, 1.82) is 0 Å². The average Bonchev–Trinajstić information content (AvgIpc) is 3.34. The third-order valence-corrected chi connectivity index (χ3v) is 10.0. The molecule has 4 aliphatic carbocycles. The van der Waals surface area contributed by atoms with Crippen LogP contribution in [0.4, 0.5) is 4.39 Å². The average molecular weight is 433 g/mol. The Hall–Kier alpha value is -1.30. The molecule has 1 heterocycles. The lowest BCUT2D eigenvalue weighted by Gasteiger charge is -2.60. The highest BCUT2D eigenvalue weighted by Crippen LogP contribution is 2.65. The Morgan fingerprint density at radius 2 is 2.00 bits per heavy atom. The zero-order valence-electron chi connectivity index (χ0n) is 19.2. The van der Waals surface area contributed by atoms with Crippen LogP contribution in [0.5, 0.6) is 0 Å². The molecule has 5 rings (SSSR count). The number of carbonyl (C=O) groups is 2. The van der Waals surface area contributed by atoms with E-state index in [-0.39, 0.29) is 41.0 Å². The van der Waals surface area contributed by atoms with Crippen molar-refractivity contribution in [2.24, 2.45) is 45.6 Å². The maximum Gasteiger partial charge on any atom is 0.173 e. The zero-order chi connectivity index (χ0) is 22.0. The Morgan fingerprint density at radius 3 is 2.71 bits per heavy atom. The molecule has 0 radical (unpaired) electrons. The summed E-state index contributed by atoms with van der Waals surface area (Å²) in [5.74, 6) is 0.760. The van der Waals surface area contributed by atoms with E-state index in [1.165, 1.54) is 0 Å². The lowest BCUT2D eigenvalue weighted by Crippen LogP contribution is -2.59. The van der Waals surface area contributed by atoms with Gasteiger partial charge in [-0.15, -0.1) is 0 Å². The number of nitrogens with one attached hydrogen (secondary N) is 1. The first-order chi connectivity index (χ1) is 14.8. The van der Waals surface area contributed by atoms with Crippen LogP contribution in [0.1, 0.15) is 72.1 Å². The molecule has 5 fully saturated rings. The maximum absolute atomic E-state index is 14.5. The highest BCUT2D eigenvalue weighted by atomic mass is 19.1. The van der Waals surface area contributed by atoms with Gasteiger partial charge in [-0.1, -0.05) is 25.9 Å². The first kappa shape index (κ1) is 21.5. The minimum atomic E-state index is -1.34. The van der Waals surface area contributed by atoms with Gasteiger partial charge in [-0.05, 0) is 68.2 Å². The molecule has 8 unspecified atom stereocenters. The van der Waals surface area contributed by atoms with Crippen molar-refractivity contribution in [2.45, 2.75) is 84.4 Å². The topological polar surface area (TPSA) is 67.8 Å². The number of fused-ring (bicyclic) bond motifs is 5. The quantitative estimate of drug-likeness (QED) is 0.682. The van der Waals surface area contributed by atoms with Crippen molar-refractivity contribution >= 4 is 17.3 Å². The van der Waals surface area contributed by atoms with Crippen LogP contribution >= 0.6 is 0 Å². The van der Waals surface area contributed by atoms with E-state index in [2.05, 4.69) is 24.3 Å². The molecule has 0 aromatic carbocycles. The fraction of sp³-hybridized carbons (Fsp3) is 0.880. The van der Waals surface area contributed by atoms with Crippen LogP contribution in [0.15, 0.2) is 5.16 Å². The molecule has 0 aromatic heterocycles. The molecule has 0 bridgehead atoms. The molecule has 5 aliphatic rings. The van der Waals surface area contributed by atoms with Gasteiger partial charge >= 0.3 is 0 Å². The molecule has 0 amide bonds. The van der Waals surface area contributed by atoms with Gasteiger partial charge in [0, 0.05) is 36.6 Å². The molecule has 6 heteroatoms. The van der Waals surface area contributed by atoms with Crippen molar-refractivity contribution in [1.82, 2.24) is 5.32 Å². The molecule has 1 saturated heterocycles. The molecular weight excluding hydrogens is 395 g/mol. The molecule has 0 spiro atoms. The van der Waals surface area contributed by atoms with Crippen LogP contribution in [0.3, 0.4) is 0 Å². The van der Waals surface area contributed by atoms with E-state index in [4.69, 9.17) is 4.84 Å². The molecule has 172 valence electrons. The van der Waals surface area contributed by atoms with Gasteiger partial charge in [0.25, 0.3) is 0 Å². The number of halogens is 1. The van der Waals surface area contributed by atoms with Crippen LogP contribution in [-0.2, 0) is 14.4 Å². The Kier molecular flexibility index (Phi) is 5.31. The van der Waals surface area contributed by atoms with Gasteiger partial charge < -0.3 is 10.2 Å². The summed E-state index contributed by atoms with van der Waals surface area (Å²) in [5.41, 5.74) is 0.399. The Balaban J connectivity index is 1.42. The predicted molar refractivity (Wildman–Crippen MR) is 116 cm³/mol. The first-order valence-corrected chi connectivity index (χ1v) is 12.4. The van der Waals surface area contributed by atoms with E-state index < -0.39 is 11.6 Å². The number of carbonyl (C=O) groups excluding carboxylic acids is 2. The molecule has 31 heavy (non-hydrogen) atoms. The highest BCUT2D eigenvalue weighted by Gasteiger charge is 2.65. The third kappa shape index (κ3) is 3.14. The van der Waals surface area contributed by atoms with Crippen molar-refractivity contribution in [3.63, 3.8) is 0 Å². The zero-order valence-corrected chi connectivity index (χ0v) is 19.2. The summed E-state index contributed by atoms with van der Waals surface area (Å²) < 4.78 is 14.5. The van der Waals surface area contributed by atoms with E-state index in [0.717, 1.165) is 57.3 Å². The molecule has 0 aromatic rings. The van der Waals surface area contributed by atoms with E-state index in [0.29, 0.717) is 24.5 Å². The smallest absolute Gasteiger partial charge is 0.173 e. The Morgan fingerprint density at radius 1 is 1.19 bits per heavy atom. The molecule has 4 saturated carbocycles. The van der Waals surface area contributed by atoms with Crippen molar-refractivity contribution in [2.75, 3.05) is 13.1 Å². The van der Waals surface area contributed by atoms with Gasteiger partial charge in [-0.3, -0.25) is 9.59 Å². The minimum Gasteiger partial charge on any atom is -0.391 e. The summed E-state index contributed by atoms with van der Waals surface area (Å²) in [5, 5.41) is 7.90. The number of nitrogens with zero attached hydrogens (tertiary/aromatic N) is 1. The van der Waals surface area contributed by atoms with Crippen LogP contribution in [0.2, 0.25) is 0 Å². The monoisotopic (exact) mass is 432 g/mol. The summed E-state index contributed by atoms with van der Waals surface area (Å²) in [4.78, 5) is 32.1. The minimum absolute atomic E-state index is 0.0174. The number of rotatable bonds is 3. The number of hydrogen-bond acceptors (Lipinski definition) is 5. The standard InChI is InChI=1S/C25H37FN2O3/c1-4-15-20(28-31-14-7-10-27-13-14)6-9-24(2)17-5-8-25(3)18(12-19(26)23(25)30)16(17)11-21(29)22(15)24/h14-19,22,27H,4-13H2,1-3H3/b28-20+/t14?,15?,16?,17?,18?,19?,22?,24?,25-/m0/s1. The first-order valence-electron chi connectivity index (χ1n) is 12.4. The Labute approximate surface area is 184 Å². The number of alkyl halides is 1. The number of oxime groups is 1. The van der Waals surface area contributed by atoms with E-state index in [9.17, 15) is 14.0 Å². The summed E-state index contributed by atoms with van der Waals surface area (Å²) in [6.07, 6.45) is 4.98. The largest absolute Gasteiger partial charge is 0.391 e. The fourth-order valence-corrected chi connectivity index (χ4v) is 8.34. The van der Waals surface area contributed by atoms with Gasteiger partial charge in [-0.2, -0.15) is 0 Å². The van der Waals surface area contributed by atoms with E-state index in [1.807, 2.05) is 6.92 Å². The lowest BCUT2D eigenvalue weighted by molar-refractivity contribution is -0.156. The number of Topliss-reactive ketones (excluding diaryl/α,β-unsaturated/α-hetero) is 2. The van der Waals surface area contributed by atoms with Gasteiger partial charge in [0.1, 0.15) is 11.9 Å². The fourth-order valence-electron chi connectivity index (χ4n) is 8.34. The van der Waals surface area contributed by atoms with Crippen molar-refractivity contribution in [3.8, 4) is 0 Å². The lowest BCUT2D eigenvalue weighted by atomic mass is 9.43. The second-order valence-electron chi connectivity index (χ2n) is 11.4. The number of hydrogen-bond donors (Lipinski definition) is 1. The van der Waals surface area contributed by atoms with Gasteiger partial charge in [0.05, 0.1) is 5.71 Å². The normalized spacial score (nSPS) is 50.8. The Bertz CT molecular complexity index is 794. The van der Waals surface area contributed by atoms with E-state index in [1.54, 1.807) is 0 Å². The van der Waals surface area contributed by atoms with Crippen LogP contribution in [-0.4, -0.2) is 42.6 Å². The van der Waals surface area contributed by atoms with Gasteiger partial charge in [0.15, 0.2) is 12.0 Å². The predicted octanol–water partition coefficient (Wildman–Crippen LogP) is 4.10. The van der Waals surface area contributed by atoms with Gasteiger partial charge in [0.2, 0.25) is 0 Å². The summed E-state index contributed by atoms with van der Waals surface area (Å²) in [7, 11) is 0. The summed E-state index contributed by atoms with van der Waals surface area (Å²) in [6.45, 7) is 8.23. The highest BCUT2D eigenvalue weighted by molar-refractivity contribution is 5.95. The third-order valence-electron chi connectivity index (χ3n) is 10.0. The van der Waals surface area contributed by atoms with Crippen LogP contribution in [0, 0.1) is 40.4 Å². The molecule has 1 aliphatic heterocycles. The van der Waals surface area contributed by atoms with E-state index >= 15 is 0 Å². The van der Waals surface area contributed by atoms with Crippen LogP contribution in [0.25, 0.3) is 0 Å². The van der Waals surface area contributed by atoms with Crippen molar-refractivity contribution in [3.05, 3.63) is 0 Å². The van der Waals surface area contributed by atoms with Crippen LogP contribution < -0.4 is 5.32 Å². The van der Waals surface area contributed by atoms with Gasteiger partial charge in [-0.25, -0.2) is 4.39 Å². The molecule has 5 nitrogen and oxygen atoms in total. The van der Waals surface area contributed by atoms with Crippen molar-refractivity contribution < 1.29 is 18.8 Å².